The van der Waals surface area contributed by atoms with E-state index in [1.54, 1.807) is 5.51 Å². The average Bonchev–Trinajstić information content (AvgIpc) is 2.90. The number of nitrogens with one attached hydrogen (secondary N) is 1. The molecular weight excluding hydrogens is 272 g/mol. The first-order valence-corrected chi connectivity index (χ1v) is 7.48. The molecule has 0 bridgehead atoms. The molecule has 1 heterocycles. The van der Waals surface area contributed by atoms with E-state index < -0.39 is 0 Å². The van der Waals surface area contributed by atoms with Gasteiger partial charge in [0.2, 0.25) is 5.91 Å². The van der Waals surface area contributed by atoms with E-state index in [-0.39, 0.29) is 5.91 Å². The van der Waals surface area contributed by atoms with Gasteiger partial charge in [-0.25, -0.2) is 4.98 Å². The van der Waals surface area contributed by atoms with Gasteiger partial charge in [-0.15, -0.1) is 11.3 Å². The van der Waals surface area contributed by atoms with Gasteiger partial charge >= 0.3 is 0 Å². The van der Waals surface area contributed by atoms with E-state index in [0.29, 0.717) is 30.4 Å². The third-order valence-electron chi connectivity index (χ3n) is 2.61. The highest BCUT2D eigenvalue weighted by molar-refractivity contribution is 7.07. The number of amides is 1. The quantitative estimate of drug-likeness (QED) is 0.882. The van der Waals surface area contributed by atoms with Crippen molar-refractivity contribution < 1.29 is 9.53 Å². The van der Waals surface area contributed by atoms with Crippen LogP contribution >= 0.6 is 11.3 Å². The summed E-state index contributed by atoms with van der Waals surface area (Å²) in [6.07, 6.45) is 0.500. The Morgan fingerprint density at radius 1 is 1.40 bits per heavy atom. The highest BCUT2D eigenvalue weighted by Crippen LogP contribution is 2.25. The summed E-state index contributed by atoms with van der Waals surface area (Å²) in [5.41, 5.74) is 3.36. The fraction of sp³-hybridized carbons (Fsp3) is 0.333. The maximum atomic E-state index is 11.8. The molecule has 1 aromatic carbocycles. The fourth-order valence-electron chi connectivity index (χ4n) is 1.73. The van der Waals surface area contributed by atoms with Crippen LogP contribution in [0, 0.1) is 5.92 Å². The number of thiazole rings is 1. The normalized spacial score (nSPS) is 10.6. The zero-order valence-electron chi connectivity index (χ0n) is 11.6. The Morgan fingerprint density at radius 2 is 2.20 bits per heavy atom. The lowest BCUT2D eigenvalue weighted by Crippen LogP contribution is -2.14. The molecule has 0 fully saturated rings. The van der Waals surface area contributed by atoms with Crippen molar-refractivity contribution in [1.82, 2.24) is 4.98 Å². The van der Waals surface area contributed by atoms with Crippen LogP contribution < -0.4 is 10.1 Å². The SMILES string of the molecule is CC(C)CC(=O)Nc1ccccc1OCc1cscn1. The first-order valence-electron chi connectivity index (χ1n) is 6.54. The Morgan fingerprint density at radius 3 is 2.90 bits per heavy atom. The van der Waals surface area contributed by atoms with Crippen LogP contribution in [0.4, 0.5) is 5.69 Å². The van der Waals surface area contributed by atoms with Crippen molar-refractivity contribution in [2.45, 2.75) is 26.9 Å². The molecule has 20 heavy (non-hydrogen) atoms. The maximum Gasteiger partial charge on any atom is 0.224 e. The first-order chi connectivity index (χ1) is 9.65. The van der Waals surface area contributed by atoms with Crippen LogP contribution in [0.3, 0.4) is 0 Å². The van der Waals surface area contributed by atoms with Crippen molar-refractivity contribution in [3.05, 3.63) is 40.8 Å². The Balaban J connectivity index is 2.00. The summed E-state index contributed by atoms with van der Waals surface area (Å²) in [5.74, 6) is 1.00. The summed E-state index contributed by atoms with van der Waals surface area (Å²) >= 11 is 1.54. The van der Waals surface area contributed by atoms with Crippen LogP contribution in [0.5, 0.6) is 5.75 Å². The number of anilines is 1. The van der Waals surface area contributed by atoms with Crippen molar-refractivity contribution in [1.29, 1.82) is 0 Å². The fourth-order valence-corrected chi connectivity index (χ4v) is 2.27. The van der Waals surface area contributed by atoms with Gasteiger partial charge in [-0.3, -0.25) is 4.79 Å². The molecule has 2 aromatic rings. The van der Waals surface area contributed by atoms with E-state index in [1.165, 1.54) is 11.3 Å². The molecule has 0 saturated heterocycles. The Hall–Kier alpha value is -1.88. The molecule has 0 saturated carbocycles. The molecule has 0 atom stereocenters. The van der Waals surface area contributed by atoms with Gasteiger partial charge in [-0.1, -0.05) is 26.0 Å². The summed E-state index contributed by atoms with van der Waals surface area (Å²) in [4.78, 5) is 16.0. The minimum Gasteiger partial charge on any atom is -0.485 e. The summed E-state index contributed by atoms with van der Waals surface area (Å²) < 4.78 is 5.72. The number of carbonyl (C=O) groups is 1. The molecule has 0 unspecified atom stereocenters. The molecule has 1 N–H and O–H groups in total. The van der Waals surface area contributed by atoms with Crippen molar-refractivity contribution in [2.24, 2.45) is 5.92 Å². The number of hydrogen-bond acceptors (Lipinski definition) is 4. The minimum absolute atomic E-state index is 0.00436. The number of nitrogens with zero attached hydrogens (tertiary/aromatic N) is 1. The van der Waals surface area contributed by atoms with Crippen LogP contribution in [0.2, 0.25) is 0 Å². The maximum absolute atomic E-state index is 11.8. The Bertz CT molecular complexity index is 553. The van der Waals surface area contributed by atoms with Gasteiger partial charge in [0.1, 0.15) is 12.4 Å². The number of aromatic nitrogens is 1. The van der Waals surface area contributed by atoms with E-state index in [9.17, 15) is 4.79 Å². The summed E-state index contributed by atoms with van der Waals surface area (Å²) in [7, 11) is 0. The van der Waals surface area contributed by atoms with E-state index in [4.69, 9.17) is 4.74 Å². The second kappa shape index (κ2) is 7.05. The summed E-state index contributed by atoms with van der Waals surface area (Å²) in [5, 5.41) is 4.83. The lowest BCUT2D eigenvalue weighted by Gasteiger charge is -2.12. The molecule has 1 aromatic heterocycles. The first kappa shape index (κ1) is 14.5. The summed E-state index contributed by atoms with van der Waals surface area (Å²) in [6, 6.07) is 7.45. The topological polar surface area (TPSA) is 51.2 Å². The van der Waals surface area contributed by atoms with Gasteiger partial charge in [0.25, 0.3) is 0 Å². The number of hydrogen-bond donors (Lipinski definition) is 1. The zero-order chi connectivity index (χ0) is 14.4. The molecule has 0 spiro atoms. The van der Waals surface area contributed by atoms with Gasteiger partial charge < -0.3 is 10.1 Å². The molecule has 2 rings (SSSR count). The van der Waals surface area contributed by atoms with Gasteiger partial charge in [0.05, 0.1) is 16.9 Å². The highest BCUT2D eigenvalue weighted by atomic mass is 32.1. The van der Waals surface area contributed by atoms with Gasteiger partial charge in [0.15, 0.2) is 0 Å². The largest absolute Gasteiger partial charge is 0.485 e. The predicted molar refractivity (Wildman–Crippen MR) is 81.0 cm³/mol. The van der Waals surface area contributed by atoms with Crippen LogP contribution in [-0.4, -0.2) is 10.9 Å². The van der Waals surface area contributed by atoms with E-state index >= 15 is 0 Å². The average molecular weight is 290 g/mol. The molecular formula is C15H18N2O2S. The van der Waals surface area contributed by atoms with E-state index in [2.05, 4.69) is 10.3 Å². The number of rotatable bonds is 6. The third-order valence-corrected chi connectivity index (χ3v) is 3.25. The van der Waals surface area contributed by atoms with Gasteiger partial charge in [-0.05, 0) is 18.1 Å². The summed E-state index contributed by atoms with van der Waals surface area (Å²) in [6.45, 7) is 4.44. The predicted octanol–water partition coefficient (Wildman–Crippen LogP) is 3.71. The van der Waals surface area contributed by atoms with E-state index in [1.807, 2.05) is 43.5 Å². The van der Waals surface area contributed by atoms with Crippen LogP contribution in [0.25, 0.3) is 0 Å². The van der Waals surface area contributed by atoms with Crippen LogP contribution in [0.15, 0.2) is 35.2 Å². The number of ether oxygens (including phenoxy) is 1. The second-order valence-corrected chi connectivity index (χ2v) is 5.63. The van der Waals surface area contributed by atoms with Crippen LogP contribution in [-0.2, 0) is 11.4 Å². The lowest BCUT2D eigenvalue weighted by atomic mass is 10.1. The zero-order valence-corrected chi connectivity index (χ0v) is 12.4. The molecule has 5 heteroatoms. The van der Waals surface area contributed by atoms with Crippen LogP contribution in [0.1, 0.15) is 26.0 Å². The van der Waals surface area contributed by atoms with Crippen molar-refractivity contribution in [3.8, 4) is 5.75 Å². The van der Waals surface area contributed by atoms with Crippen molar-refractivity contribution in [3.63, 3.8) is 0 Å². The smallest absolute Gasteiger partial charge is 0.224 e. The second-order valence-electron chi connectivity index (χ2n) is 4.91. The molecule has 0 aliphatic rings. The number of para-hydroxylation sites is 2. The number of carbonyl (C=O) groups excluding carboxylic acids is 1. The van der Waals surface area contributed by atoms with Crippen molar-refractivity contribution >= 4 is 22.9 Å². The number of benzene rings is 1. The third kappa shape index (κ3) is 4.35. The molecule has 1 amide bonds. The monoisotopic (exact) mass is 290 g/mol. The van der Waals surface area contributed by atoms with Crippen molar-refractivity contribution in [2.75, 3.05) is 5.32 Å². The Kier molecular flexibility index (Phi) is 5.12. The Labute approximate surface area is 122 Å². The molecule has 0 radical (unpaired) electrons. The van der Waals surface area contributed by atoms with Gasteiger partial charge in [0, 0.05) is 11.8 Å². The molecule has 0 aliphatic carbocycles. The minimum atomic E-state index is 0.00436. The molecule has 4 nitrogen and oxygen atoms in total. The standard InChI is InChI=1S/C15H18N2O2S/c1-11(2)7-15(18)17-13-5-3-4-6-14(13)19-8-12-9-20-10-16-12/h3-6,9-11H,7-8H2,1-2H3,(H,17,18). The molecule has 106 valence electrons. The van der Waals surface area contributed by atoms with Gasteiger partial charge in [-0.2, -0.15) is 0 Å². The highest BCUT2D eigenvalue weighted by Gasteiger charge is 2.09. The lowest BCUT2D eigenvalue weighted by molar-refractivity contribution is -0.116. The molecule has 0 aliphatic heterocycles. The van der Waals surface area contributed by atoms with E-state index in [0.717, 1.165) is 5.69 Å².